The van der Waals surface area contributed by atoms with Gasteiger partial charge in [0.2, 0.25) is 5.91 Å². The van der Waals surface area contributed by atoms with Crippen molar-refractivity contribution in [2.24, 2.45) is 0 Å². The molecule has 0 radical (unpaired) electrons. The first-order valence-electron chi connectivity index (χ1n) is 30.4. The average Bonchev–Trinajstić information content (AvgIpc) is 3.39. The molecule has 1 rings (SSSR count). The Hall–Kier alpha value is -2.38. The number of esters is 1. The number of amides is 1. The van der Waals surface area contributed by atoms with E-state index < -0.39 is 49.5 Å². The van der Waals surface area contributed by atoms with Gasteiger partial charge in [0.1, 0.15) is 24.4 Å². The maximum absolute atomic E-state index is 13.0. The third-order valence-electron chi connectivity index (χ3n) is 14.2. The quantitative estimate of drug-likeness (QED) is 0.0195. The number of unbranched alkanes of at least 4 members (excludes halogenated alkanes) is 33. The van der Waals surface area contributed by atoms with Crippen molar-refractivity contribution < 1.29 is 49.3 Å². The molecule has 0 saturated carbocycles. The molecule has 11 heteroatoms. The zero-order valence-corrected chi connectivity index (χ0v) is 46.8. The molecular weight excluding hydrogens is 919 g/mol. The minimum absolute atomic E-state index is 0.00137. The predicted molar refractivity (Wildman–Crippen MR) is 301 cm³/mol. The molecule has 7 unspecified atom stereocenters. The Balaban J connectivity index is 2.00. The molecule has 0 aromatic carbocycles. The molecule has 426 valence electrons. The van der Waals surface area contributed by atoms with Crippen LogP contribution in [0, 0.1) is 0 Å². The first-order chi connectivity index (χ1) is 35.7. The van der Waals surface area contributed by atoms with E-state index in [0.717, 1.165) is 70.6 Å². The van der Waals surface area contributed by atoms with Crippen LogP contribution >= 0.6 is 0 Å². The second-order valence-corrected chi connectivity index (χ2v) is 21.0. The summed E-state index contributed by atoms with van der Waals surface area (Å²) in [6.07, 6.45) is 55.4. The molecule has 6 N–H and O–H groups in total. The SMILES string of the molecule is C/C=C/CC/C=C/CC/C=C/C(O)C(COC1OC(CO)C(O)C(O)C1O)NC(=O)CCCCCCCCCCC/C=C\CCCCCCCCCCCCCCOC(=O)CCCCCCCCCCCCC. The van der Waals surface area contributed by atoms with Crippen molar-refractivity contribution >= 4 is 11.9 Å². The van der Waals surface area contributed by atoms with E-state index in [1.54, 1.807) is 6.08 Å². The molecule has 1 fully saturated rings. The summed E-state index contributed by atoms with van der Waals surface area (Å²) in [6, 6.07) is -0.836. The van der Waals surface area contributed by atoms with Crippen LogP contribution in [0.4, 0.5) is 0 Å². The zero-order chi connectivity index (χ0) is 53.1. The van der Waals surface area contributed by atoms with E-state index in [9.17, 15) is 35.1 Å². The molecule has 0 spiro atoms. The summed E-state index contributed by atoms with van der Waals surface area (Å²) in [5.41, 5.74) is 0. The van der Waals surface area contributed by atoms with Crippen molar-refractivity contribution in [3.63, 3.8) is 0 Å². The average molecular weight is 1030 g/mol. The number of carbonyl (C=O) groups excluding carboxylic acids is 2. The van der Waals surface area contributed by atoms with E-state index in [-0.39, 0.29) is 18.5 Å². The van der Waals surface area contributed by atoms with E-state index in [4.69, 9.17) is 14.2 Å². The van der Waals surface area contributed by atoms with Crippen LogP contribution in [0.15, 0.2) is 48.6 Å². The Bertz CT molecular complexity index is 1350. The third kappa shape index (κ3) is 41.5. The van der Waals surface area contributed by atoms with Crippen molar-refractivity contribution in [3.8, 4) is 0 Å². The number of hydrogen-bond donors (Lipinski definition) is 6. The highest BCUT2D eigenvalue weighted by molar-refractivity contribution is 5.76. The van der Waals surface area contributed by atoms with E-state index >= 15 is 0 Å². The second-order valence-electron chi connectivity index (χ2n) is 21.0. The molecule has 1 heterocycles. The highest BCUT2D eigenvalue weighted by Gasteiger charge is 2.44. The molecule has 1 aliphatic rings. The van der Waals surface area contributed by atoms with E-state index in [1.807, 2.05) is 19.1 Å². The van der Waals surface area contributed by atoms with Gasteiger partial charge in [-0.3, -0.25) is 9.59 Å². The molecular formula is C62H113NO10. The number of rotatable bonds is 52. The van der Waals surface area contributed by atoms with Gasteiger partial charge in [-0.1, -0.05) is 229 Å². The monoisotopic (exact) mass is 1030 g/mol. The van der Waals surface area contributed by atoms with Crippen molar-refractivity contribution in [2.75, 3.05) is 19.8 Å². The zero-order valence-electron chi connectivity index (χ0n) is 46.8. The largest absolute Gasteiger partial charge is 0.466 e. The molecule has 0 bridgehead atoms. The predicted octanol–water partition coefficient (Wildman–Crippen LogP) is 14.1. The number of hydrogen-bond acceptors (Lipinski definition) is 10. The van der Waals surface area contributed by atoms with E-state index in [2.05, 4.69) is 42.6 Å². The minimum atomic E-state index is -1.58. The standard InChI is InChI=1S/C62H113NO10/c1-3-5-7-9-11-13-29-34-38-42-46-50-58(67)71-51-47-43-39-35-31-28-26-24-22-20-18-16-14-15-17-19-21-23-25-27-30-33-37-41-45-49-57(66)63-54(55(65)48-44-40-36-32-12-10-8-6-4-2)53-72-62-61(70)60(69)59(68)56(52-64)73-62/h4,6,12,15,17,32,44,48,54-56,59-62,64-65,68-70H,3,5,7-11,13-14,16,18-31,33-43,45-47,49-53H2,1-2H3,(H,63,66)/b6-4+,17-15-,32-12+,48-44+. The Morgan fingerprint density at radius 3 is 1.44 bits per heavy atom. The molecule has 1 aliphatic heterocycles. The van der Waals surface area contributed by atoms with Crippen molar-refractivity contribution in [1.29, 1.82) is 0 Å². The molecule has 73 heavy (non-hydrogen) atoms. The van der Waals surface area contributed by atoms with E-state index in [0.29, 0.717) is 19.4 Å². The molecule has 1 saturated heterocycles. The lowest BCUT2D eigenvalue weighted by Gasteiger charge is -2.40. The van der Waals surface area contributed by atoms with Gasteiger partial charge >= 0.3 is 5.97 Å². The molecule has 7 atom stereocenters. The summed E-state index contributed by atoms with van der Waals surface area (Å²) in [5, 5.41) is 54.1. The van der Waals surface area contributed by atoms with Gasteiger partial charge in [-0.25, -0.2) is 0 Å². The van der Waals surface area contributed by atoms with Crippen molar-refractivity contribution in [2.45, 2.75) is 314 Å². The van der Waals surface area contributed by atoms with Crippen LogP contribution in [-0.2, 0) is 23.8 Å². The van der Waals surface area contributed by atoms with Crippen LogP contribution in [0.25, 0.3) is 0 Å². The van der Waals surface area contributed by atoms with Gasteiger partial charge in [-0.05, 0) is 77.6 Å². The van der Waals surface area contributed by atoms with Crippen molar-refractivity contribution in [1.82, 2.24) is 5.32 Å². The van der Waals surface area contributed by atoms with Gasteiger partial charge in [0.25, 0.3) is 0 Å². The first-order valence-corrected chi connectivity index (χ1v) is 30.4. The Kier molecular flexibility index (Phi) is 48.6. The maximum atomic E-state index is 13.0. The minimum Gasteiger partial charge on any atom is -0.466 e. The lowest BCUT2D eigenvalue weighted by molar-refractivity contribution is -0.302. The van der Waals surface area contributed by atoms with Crippen LogP contribution in [-0.4, -0.2) is 100 Å². The molecule has 1 amide bonds. The Morgan fingerprint density at radius 2 is 0.945 bits per heavy atom. The third-order valence-corrected chi connectivity index (χ3v) is 14.2. The molecule has 0 aromatic rings. The fourth-order valence-electron chi connectivity index (χ4n) is 9.41. The summed E-state index contributed by atoms with van der Waals surface area (Å²) in [6.45, 7) is 4.09. The second kappa shape index (κ2) is 51.7. The Labute approximate surface area is 446 Å². The number of allylic oxidation sites excluding steroid dienone is 7. The van der Waals surface area contributed by atoms with Crippen LogP contribution in [0.3, 0.4) is 0 Å². The Morgan fingerprint density at radius 1 is 0.521 bits per heavy atom. The fraction of sp³-hybridized carbons (Fsp3) is 0.839. The fourth-order valence-corrected chi connectivity index (χ4v) is 9.41. The highest BCUT2D eigenvalue weighted by Crippen LogP contribution is 2.23. The molecule has 0 aliphatic carbocycles. The summed E-state index contributed by atoms with van der Waals surface area (Å²) in [4.78, 5) is 25.0. The number of nitrogens with one attached hydrogen (secondary N) is 1. The van der Waals surface area contributed by atoms with Gasteiger partial charge in [0.15, 0.2) is 6.29 Å². The maximum Gasteiger partial charge on any atom is 0.305 e. The summed E-state index contributed by atoms with van der Waals surface area (Å²) >= 11 is 0. The van der Waals surface area contributed by atoms with Crippen LogP contribution in [0.2, 0.25) is 0 Å². The van der Waals surface area contributed by atoms with Gasteiger partial charge in [-0.15, -0.1) is 0 Å². The van der Waals surface area contributed by atoms with Crippen LogP contribution in [0.5, 0.6) is 0 Å². The van der Waals surface area contributed by atoms with Gasteiger partial charge in [-0.2, -0.15) is 0 Å². The normalized spacial score (nSPS) is 19.2. The van der Waals surface area contributed by atoms with Gasteiger partial charge in [0, 0.05) is 12.8 Å². The molecule has 0 aromatic heterocycles. The number of aliphatic hydroxyl groups is 5. The van der Waals surface area contributed by atoms with E-state index in [1.165, 1.54) is 173 Å². The number of carbonyl (C=O) groups is 2. The van der Waals surface area contributed by atoms with Crippen LogP contribution in [0.1, 0.15) is 271 Å². The van der Waals surface area contributed by atoms with Crippen LogP contribution < -0.4 is 5.32 Å². The number of ether oxygens (including phenoxy) is 3. The van der Waals surface area contributed by atoms with Crippen molar-refractivity contribution in [3.05, 3.63) is 48.6 Å². The van der Waals surface area contributed by atoms with Gasteiger partial charge in [0.05, 0.1) is 32.0 Å². The lowest BCUT2D eigenvalue weighted by Crippen LogP contribution is -2.60. The summed E-state index contributed by atoms with van der Waals surface area (Å²) in [7, 11) is 0. The molecule has 11 nitrogen and oxygen atoms in total. The van der Waals surface area contributed by atoms with Gasteiger partial charge < -0.3 is 45.1 Å². The smallest absolute Gasteiger partial charge is 0.305 e. The number of aliphatic hydroxyl groups excluding tert-OH is 5. The highest BCUT2D eigenvalue weighted by atomic mass is 16.7. The first kappa shape index (κ1) is 68.6. The summed E-state index contributed by atoms with van der Waals surface area (Å²) in [5.74, 6) is -0.202. The summed E-state index contributed by atoms with van der Waals surface area (Å²) < 4.78 is 16.6. The topological polar surface area (TPSA) is 175 Å². The lowest BCUT2D eigenvalue weighted by atomic mass is 9.99.